The molecule has 0 saturated carbocycles. The molecule has 1 aromatic heterocycles. The lowest BCUT2D eigenvalue weighted by Gasteiger charge is -2.37. The van der Waals surface area contributed by atoms with Crippen molar-refractivity contribution in [2.75, 3.05) is 6.61 Å². The van der Waals surface area contributed by atoms with Gasteiger partial charge in [-0.15, -0.1) is 0 Å². The zero-order valence-corrected chi connectivity index (χ0v) is 24.1. The lowest BCUT2D eigenvalue weighted by Crippen LogP contribution is -2.44. The zero-order valence-electron chi connectivity index (χ0n) is 23.1. The number of esters is 1. The summed E-state index contributed by atoms with van der Waals surface area (Å²) in [4.78, 5) is 24.3. The van der Waals surface area contributed by atoms with E-state index in [1.807, 2.05) is 24.4 Å². The molecule has 0 atom stereocenters. The Morgan fingerprint density at radius 1 is 1.06 bits per heavy atom. The van der Waals surface area contributed by atoms with E-state index in [9.17, 15) is 9.59 Å². The van der Waals surface area contributed by atoms with Crippen LogP contribution in [-0.2, 0) is 27.3 Å². The molecule has 0 amide bonds. The number of carbonyl (C=O) groups is 2. The third-order valence-corrected chi connectivity index (χ3v) is 11.5. The van der Waals surface area contributed by atoms with E-state index in [4.69, 9.17) is 9.16 Å². The Morgan fingerprint density at radius 2 is 1.75 bits per heavy atom. The summed E-state index contributed by atoms with van der Waals surface area (Å²) in [6, 6.07) is 14.6. The van der Waals surface area contributed by atoms with Gasteiger partial charge in [0.15, 0.2) is 0 Å². The van der Waals surface area contributed by atoms with Crippen LogP contribution < -0.4 is 4.43 Å². The van der Waals surface area contributed by atoms with Crippen molar-refractivity contribution in [1.29, 1.82) is 0 Å². The lowest BCUT2D eigenvalue weighted by molar-refractivity contribution is -0.145. The second-order valence-corrected chi connectivity index (χ2v) is 16.1. The fraction of sp³-hybridized carbons (Fsp3) is 0.467. The minimum Gasteiger partial charge on any atom is -0.543 e. The van der Waals surface area contributed by atoms with Gasteiger partial charge in [-0.1, -0.05) is 65.0 Å². The highest BCUT2D eigenvalue weighted by Gasteiger charge is 2.39. The first kappa shape index (κ1) is 27.7. The molecule has 0 aliphatic carbocycles. The van der Waals surface area contributed by atoms with Crippen molar-refractivity contribution in [2.45, 2.75) is 85.0 Å². The van der Waals surface area contributed by atoms with Gasteiger partial charge >= 0.3 is 5.97 Å². The Bertz CT molecular complexity index is 1230. The predicted octanol–water partition coefficient (Wildman–Crippen LogP) is 7.26. The summed E-state index contributed by atoms with van der Waals surface area (Å²) in [7, 11) is -1.95. The van der Waals surface area contributed by atoms with E-state index < -0.39 is 14.3 Å². The number of nitrogens with zero attached hydrogens (tertiary/aromatic N) is 1. The number of carbonyl (C=O) groups excluding carboxylic acids is 2. The van der Waals surface area contributed by atoms with Crippen LogP contribution in [0.3, 0.4) is 0 Å². The number of hydrogen-bond donors (Lipinski definition) is 0. The van der Waals surface area contributed by atoms with Crippen LogP contribution in [0.2, 0.25) is 18.1 Å². The van der Waals surface area contributed by atoms with Crippen molar-refractivity contribution in [2.24, 2.45) is 0 Å². The highest BCUT2D eigenvalue weighted by Crippen LogP contribution is 2.39. The van der Waals surface area contributed by atoms with Crippen molar-refractivity contribution in [1.82, 2.24) is 4.57 Å². The molecular weight excluding hydrogens is 466 g/mol. The number of benzene rings is 2. The third kappa shape index (κ3) is 6.47. The highest BCUT2D eigenvalue weighted by molar-refractivity contribution is 6.74. The van der Waals surface area contributed by atoms with Crippen molar-refractivity contribution in [3.63, 3.8) is 0 Å². The van der Waals surface area contributed by atoms with Gasteiger partial charge in [0.05, 0.1) is 6.61 Å². The van der Waals surface area contributed by atoms with Gasteiger partial charge in [-0.2, -0.15) is 0 Å². The molecule has 1 heterocycles. The Kier molecular flexibility index (Phi) is 8.50. The molecule has 0 N–H and O–H groups in total. The van der Waals surface area contributed by atoms with Gasteiger partial charge in [0.1, 0.15) is 18.0 Å². The van der Waals surface area contributed by atoms with E-state index in [1.54, 1.807) is 6.92 Å². The van der Waals surface area contributed by atoms with E-state index in [-0.39, 0.29) is 30.3 Å². The number of aromatic nitrogens is 1. The second kappa shape index (κ2) is 11.0. The van der Waals surface area contributed by atoms with Crippen LogP contribution in [0, 0.1) is 0 Å². The molecule has 6 heteroatoms. The SMILES string of the molecule is CCOC(=O)CC(=O)Cc1cn(Cc2ccc(O[Si](C)(C)C(C)(C)C)c(C(C)C)c2)c2ccccc12. The smallest absolute Gasteiger partial charge is 0.313 e. The number of Topliss-reactive ketones (excluding diaryl/α,β-unsaturated/α-hetero) is 1. The quantitative estimate of drug-likeness (QED) is 0.165. The van der Waals surface area contributed by atoms with Crippen molar-refractivity contribution >= 4 is 31.0 Å². The van der Waals surface area contributed by atoms with Gasteiger partial charge in [-0.3, -0.25) is 9.59 Å². The van der Waals surface area contributed by atoms with Crippen molar-refractivity contribution in [3.05, 3.63) is 65.4 Å². The third-order valence-electron chi connectivity index (χ3n) is 7.13. The van der Waals surface area contributed by atoms with Crippen LogP contribution in [-0.4, -0.2) is 31.2 Å². The Morgan fingerprint density at radius 3 is 2.39 bits per heavy atom. The molecule has 0 spiro atoms. The molecule has 194 valence electrons. The molecule has 0 saturated heterocycles. The fourth-order valence-corrected chi connectivity index (χ4v) is 5.15. The molecule has 0 radical (unpaired) electrons. The molecular formula is C30H41NO4Si. The zero-order chi connectivity index (χ0) is 26.7. The molecule has 0 unspecified atom stereocenters. The fourth-order valence-electron chi connectivity index (χ4n) is 4.11. The summed E-state index contributed by atoms with van der Waals surface area (Å²) in [5.41, 5.74) is 4.41. The standard InChI is InChI=1S/C30H41NO4Si/c1-9-34-29(33)18-24(32)17-23-20-31(27-13-11-10-12-25(23)27)19-22-14-15-28(26(16-22)21(2)3)35-36(7,8)30(4,5)6/h10-16,20-21H,9,17-19H2,1-8H3. The molecule has 3 aromatic rings. The topological polar surface area (TPSA) is 57.5 Å². The largest absolute Gasteiger partial charge is 0.543 e. The van der Waals surface area contributed by atoms with Crippen LogP contribution in [0.25, 0.3) is 10.9 Å². The molecule has 0 bridgehead atoms. The summed E-state index contributed by atoms with van der Waals surface area (Å²) >= 11 is 0. The van der Waals surface area contributed by atoms with E-state index in [2.05, 4.69) is 76.5 Å². The summed E-state index contributed by atoms with van der Waals surface area (Å²) < 4.78 is 13.8. The van der Waals surface area contributed by atoms with E-state index >= 15 is 0 Å². The summed E-state index contributed by atoms with van der Waals surface area (Å²) in [5.74, 6) is 0.725. The molecule has 3 rings (SSSR count). The average Bonchev–Trinajstić information content (AvgIpc) is 3.10. The number of ether oxygens (including phenoxy) is 1. The summed E-state index contributed by atoms with van der Waals surface area (Å²) in [5, 5.41) is 1.17. The Balaban J connectivity index is 1.89. The van der Waals surface area contributed by atoms with E-state index in [1.165, 1.54) is 11.1 Å². The first-order valence-corrected chi connectivity index (χ1v) is 15.8. The minimum absolute atomic E-state index is 0.130. The minimum atomic E-state index is -1.95. The van der Waals surface area contributed by atoms with Gasteiger partial charge in [-0.25, -0.2) is 0 Å². The Labute approximate surface area is 216 Å². The number of ketones is 1. The van der Waals surface area contributed by atoms with Gasteiger partial charge in [0.2, 0.25) is 8.32 Å². The maximum Gasteiger partial charge on any atom is 0.313 e. The first-order chi connectivity index (χ1) is 16.8. The van der Waals surface area contributed by atoms with Crippen LogP contribution in [0.15, 0.2) is 48.7 Å². The average molecular weight is 508 g/mol. The number of fused-ring (bicyclic) bond motifs is 1. The molecule has 5 nitrogen and oxygen atoms in total. The van der Waals surface area contributed by atoms with E-state index in [0.717, 1.165) is 22.2 Å². The number of para-hydroxylation sites is 1. The summed E-state index contributed by atoms with van der Waals surface area (Å²) in [6.45, 7) is 18.5. The predicted molar refractivity (Wildman–Crippen MR) is 149 cm³/mol. The highest BCUT2D eigenvalue weighted by atomic mass is 28.4. The molecule has 0 fully saturated rings. The summed E-state index contributed by atoms with van der Waals surface area (Å²) in [6.07, 6.45) is 2.06. The van der Waals surface area contributed by atoms with Crippen molar-refractivity contribution < 1.29 is 18.8 Å². The molecule has 0 aliphatic heterocycles. The van der Waals surface area contributed by atoms with Crippen LogP contribution in [0.4, 0.5) is 0 Å². The van der Waals surface area contributed by atoms with Crippen LogP contribution in [0.5, 0.6) is 5.75 Å². The monoisotopic (exact) mass is 507 g/mol. The van der Waals surface area contributed by atoms with E-state index in [0.29, 0.717) is 12.5 Å². The van der Waals surface area contributed by atoms with Gasteiger partial charge in [0.25, 0.3) is 0 Å². The van der Waals surface area contributed by atoms with Crippen LogP contribution in [0.1, 0.15) is 70.6 Å². The molecule has 0 aliphatic rings. The van der Waals surface area contributed by atoms with Crippen LogP contribution >= 0.6 is 0 Å². The van der Waals surface area contributed by atoms with Crippen molar-refractivity contribution in [3.8, 4) is 5.75 Å². The molecule has 2 aromatic carbocycles. The molecule has 36 heavy (non-hydrogen) atoms. The van der Waals surface area contributed by atoms with Gasteiger partial charge in [0, 0.05) is 30.1 Å². The normalized spacial score (nSPS) is 12.2. The number of hydrogen-bond acceptors (Lipinski definition) is 4. The lowest BCUT2D eigenvalue weighted by atomic mass is 9.99. The second-order valence-electron chi connectivity index (χ2n) is 11.4. The maximum atomic E-state index is 12.5. The number of rotatable bonds is 10. The first-order valence-electron chi connectivity index (χ1n) is 12.9. The van der Waals surface area contributed by atoms with Gasteiger partial charge < -0.3 is 13.7 Å². The Hall–Kier alpha value is -2.86. The maximum absolute atomic E-state index is 12.5. The van der Waals surface area contributed by atoms with Gasteiger partial charge in [-0.05, 0) is 59.8 Å².